The summed E-state index contributed by atoms with van der Waals surface area (Å²) in [6.07, 6.45) is 1.51. The quantitative estimate of drug-likeness (QED) is 0.809. The lowest BCUT2D eigenvalue weighted by Gasteiger charge is -2.32. The molecule has 1 aromatic rings. The summed E-state index contributed by atoms with van der Waals surface area (Å²) in [6.45, 7) is 5.50. The second-order valence-corrected chi connectivity index (χ2v) is 6.06. The molecule has 3 atom stereocenters. The van der Waals surface area contributed by atoms with Crippen molar-refractivity contribution in [2.24, 2.45) is 0 Å². The van der Waals surface area contributed by atoms with Crippen LogP contribution in [0.4, 0.5) is 0 Å². The zero-order chi connectivity index (χ0) is 16.2. The standard InChI is InChI=1S/C17H27NO4/c1-12(17(2)6-5-7-22-17)18-11-16(19)13-8-14(20-3)10-15(9-13)21-4/h8-10,12,16,18-19H,5-7,11H2,1-4H3/t12-,16+,17-/m0/s1. The van der Waals surface area contributed by atoms with Crippen molar-refractivity contribution < 1.29 is 19.3 Å². The number of hydrogen-bond acceptors (Lipinski definition) is 5. The number of ether oxygens (including phenoxy) is 3. The topological polar surface area (TPSA) is 60.0 Å². The molecule has 5 heteroatoms. The van der Waals surface area contributed by atoms with Gasteiger partial charge >= 0.3 is 0 Å². The van der Waals surface area contributed by atoms with Crippen LogP contribution in [0.15, 0.2) is 18.2 Å². The van der Waals surface area contributed by atoms with E-state index in [1.54, 1.807) is 20.3 Å². The SMILES string of the molecule is COc1cc(OC)cc([C@H](O)CN[C@@H](C)[C@]2(C)CCCO2)c1. The molecule has 1 aromatic carbocycles. The fourth-order valence-electron chi connectivity index (χ4n) is 2.79. The fourth-order valence-corrected chi connectivity index (χ4v) is 2.79. The second-order valence-electron chi connectivity index (χ2n) is 6.06. The monoisotopic (exact) mass is 309 g/mol. The molecule has 0 spiro atoms. The summed E-state index contributed by atoms with van der Waals surface area (Å²) in [7, 11) is 3.20. The molecule has 2 rings (SSSR count). The largest absolute Gasteiger partial charge is 0.497 e. The third-order valence-electron chi connectivity index (χ3n) is 4.54. The molecule has 22 heavy (non-hydrogen) atoms. The molecule has 0 bridgehead atoms. The van der Waals surface area contributed by atoms with Crippen LogP contribution in [0, 0.1) is 0 Å². The third-order valence-corrected chi connectivity index (χ3v) is 4.54. The maximum atomic E-state index is 10.4. The van der Waals surface area contributed by atoms with Crippen molar-refractivity contribution in [1.29, 1.82) is 0 Å². The van der Waals surface area contributed by atoms with Crippen LogP contribution in [0.3, 0.4) is 0 Å². The van der Waals surface area contributed by atoms with Gasteiger partial charge in [-0.2, -0.15) is 0 Å². The smallest absolute Gasteiger partial charge is 0.122 e. The van der Waals surface area contributed by atoms with Gasteiger partial charge in [0.05, 0.1) is 25.9 Å². The minimum absolute atomic E-state index is 0.147. The molecule has 1 fully saturated rings. The first-order valence-corrected chi connectivity index (χ1v) is 7.77. The van der Waals surface area contributed by atoms with Gasteiger partial charge in [0.15, 0.2) is 0 Å². The van der Waals surface area contributed by atoms with Crippen LogP contribution in [0.1, 0.15) is 38.4 Å². The molecule has 0 radical (unpaired) electrons. The van der Waals surface area contributed by atoms with Gasteiger partial charge in [0.1, 0.15) is 11.5 Å². The molecule has 2 N–H and O–H groups in total. The number of nitrogens with one attached hydrogen (secondary N) is 1. The van der Waals surface area contributed by atoms with E-state index < -0.39 is 6.10 Å². The van der Waals surface area contributed by atoms with Gasteiger partial charge in [-0.25, -0.2) is 0 Å². The maximum Gasteiger partial charge on any atom is 0.122 e. The van der Waals surface area contributed by atoms with Gasteiger partial charge < -0.3 is 24.6 Å². The summed E-state index contributed by atoms with van der Waals surface area (Å²) in [4.78, 5) is 0. The van der Waals surface area contributed by atoms with Crippen molar-refractivity contribution >= 4 is 0 Å². The molecule has 0 saturated carbocycles. The Balaban J connectivity index is 1.98. The second kappa shape index (κ2) is 7.31. The van der Waals surface area contributed by atoms with Gasteiger partial charge in [0.25, 0.3) is 0 Å². The Kier molecular flexibility index (Phi) is 5.67. The lowest BCUT2D eigenvalue weighted by Crippen LogP contribution is -2.47. The summed E-state index contributed by atoms with van der Waals surface area (Å²) in [5.41, 5.74) is 0.625. The van der Waals surface area contributed by atoms with Gasteiger partial charge in [-0.15, -0.1) is 0 Å². The van der Waals surface area contributed by atoms with Crippen molar-refractivity contribution in [2.45, 2.75) is 44.4 Å². The third kappa shape index (κ3) is 3.91. The molecular weight excluding hydrogens is 282 g/mol. The summed E-state index contributed by atoms with van der Waals surface area (Å²) in [5, 5.41) is 13.8. The van der Waals surface area contributed by atoms with Crippen LogP contribution in [-0.2, 0) is 4.74 Å². The predicted octanol–water partition coefficient (Wildman–Crippen LogP) is 2.28. The van der Waals surface area contributed by atoms with E-state index >= 15 is 0 Å². The van der Waals surface area contributed by atoms with Crippen LogP contribution in [0.2, 0.25) is 0 Å². The molecule has 1 saturated heterocycles. The number of benzene rings is 1. The van der Waals surface area contributed by atoms with Crippen molar-refractivity contribution in [1.82, 2.24) is 5.32 Å². The number of aliphatic hydroxyl groups is 1. The zero-order valence-corrected chi connectivity index (χ0v) is 13.9. The van der Waals surface area contributed by atoms with Crippen LogP contribution in [0.25, 0.3) is 0 Å². The van der Waals surface area contributed by atoms with Gasteiger partial charge in [-0.3, -0.25) is 0 Å². The van der Waals surface area contributed by atoms with Crippen LogP contribution < -0.4 is 14.8 Å². The Morgan fingerprint density at radius 2 is 1.91 bits per heavy atom. The molecule has 1 aliphatic rings. The predicted molar refractivity (Wildman–Crippen MR) is 85.6 cm³/mol. The highest BCUT2D eigenvalue weighted by Crippen LogP contribution is 2.29. The maximum absolute atomic E-state index is 10.4. The minimum Gasteiger partial charge on any atom is -0.497 e. The highest BCUT2D eigenvalue weighted by molar-refractivity contribution is 5.39. The Morgan fingerprint density at radius 1 is 1.27 bits per heavy atom. The highest BCUT2D eigenvalue weighted by Gasteiger charge is 2.35. The fraction of sp³-hybridized carbons (Fsp3) is 0.647. The molecule has 124 valence electrons. The van der Waals surface area contributed by atoms with Crippen molar-refractivity contribution in [2.75, 3.05) is 27.4 Å². The van der Waals surface area contributed by atoms with E-state index in [2.05, 4.69) is 19.2 Å². The van der Waals surface area contributed by atoms with Gasteiger partial charge in [0, 0.05) is 25.3 Å². The molecule has 0 aliphatic carbocycles. The van der Waals surface area contributed by atoms with Gasteiger partial charge in [-0.05, 0) is 44.4 Å². The van der Waals surface area contributed by atoms with Crippen LogP contribution >= 0.6 is 0 Å². The van der Waals surface area contributed by atoms with Gasteiger partial charge in [0.2, 0.25) is 0 Å². The molecule has 0 aromatic heterocycles. The Morgan fingerprint density at radius 3 is 2.41 bits per heavy atom. The van der Waals surface area contributed by atoms with E-state index in [0.717, 1.165) is 25.0 Å². The Labute approximate surface area is 132 Å². The average molecular weight is 309 g/mol. The van der Waals surface area contributed by atoms with E-state index in [0.29, 0.717) is 18.0 Å². The Hall–Kier alpha value is -1.30. The molecule has 0 unspecified atom stereocenters. The lowest BCUT2D eigenvalue weighted by atomic mass is 9.94. The van der Waals surface area contributed by atoms with Crippen molar-refractivity contribution in [3.63, 3.8) is 0 Å². The summed E-state index contributed by atoms with van der Waals surface area (Å²) >= 11 is 0. The Bertz CT molecular complexity index is 463. The number of rotatable bonds is 7. The molecule has 0 amide bonds. The first kappa shape index (κ1) is 17.1. The summed E-state index contributed by atoms with van der Waals surface area (Å²) in [6, 6.07) is 5.62. The summed E-state index contributed by atoms with van der Waals surface area (Å²) in [5.74, 6) is 1.35. The highest BCUT2D eigenvalue weighted by atomic mass is 16.5. The van der Waals surface area contributed by atoms with E-state index in [9.17, 15) is 5.11 Å². The van der Waals surface area contributed by atoms with Crippen molar-refractivity contribution in [3.8, 4) is 11.5 Å². The number of hydrogen-bond donors (Lipinski definition) is 2. The molecular formula is C17H27NO4. The van der Waals surface area contributed by atoms with Gasteiger partial charge in [-0.1, -0.05) is 0 Å². The summed E-state index contributed by atoms with van der Waals surface area (Å²) < 4.78 is 16.3. The first-order chi connectivity index (χ1) is 10.5. The molecule has 1 aliphatic heterocycles. The number of methoxy groups -OCH3 is 2. The average Bonchev–Trinajstić information content (AvgIpc) is 2.99. The van der Waals surface area contributed by atoms with Crippen molar-refractivity contribution in [3.05, 3.63) is 23.8 Å². The van der Waals surface area contributed by atoms with E-state index in [-0.39, 0.29) is 11.6 Å². The van der Waals surface area contributed by atoms with E-state index in [1.165, 1.54) is 0 Å². The van der Waals surface area contributed by atoms with Crippen LogP contribution in [0.5, 0.6) is 11.5 Å². The minimum atomic E-state index is -0.628. The number of aliphatic hydroxyl groups excluding tert-OH is 1. The zero-order valence-electron chi connectivity index (χ0n) is 13.9. The van der Waals surface area contributed by atoms with E-state index in [4.69, 9.17) is 14.2 Å². The molecule has 1 heterocycles. The normalized spacial score (nSPS) is 24.0. The molecule has 5 nitrogen and oxygen atoms in total. The van der Waals surface area contributed by atoms with Crippen LogP contribution in [-0.4, -0.2) is 44.1 Å². The first-order valence-electron chi connectivity index (χ1n) is 7.77. The lowest BCUT2D eigenvalue weighted by molar-refractivity contribution is -0.00942. The van der Waals surface area contributed by atoms with E-state index in [1.807, 2.05) is 12.1 Å².